The summed E-state index contributed by atoms with van der Waals surface area (Å²) in [6.07, 6.45) is 6.59. The standard InChI is InChI=1S/C11H24O8P2/c1-2-11(10-17-11)8-6-4-3-5-7-9-18-21(15,16)19-20(12,13)14/h2-10H2,1H3,(H,15,16)(H2,12,13,14). The maximum Gasteiger partial charge on any atom is 0.481 e. The molecule has 1 fully saturated rings. The summed E-state index contributed by atoms with van der Waals surface area (Å²) >= 11 is 0. The second-order valence-corrected chi connectivity index (χ2v) is 8.05. The Morgan fingerprint density at radius 1 is 1.10 bits per heavy atom. The molecule has 0 amide bonds. The minimum atomic E-state index is -5.02. The van der Waals surface area contributed by atoms with Crippen molar-refractivity contribution in [2.75, 3.05) is 13.2 Å². The first-order valence-corrected chi connectivity index (χ1v) is 10.1. The number of epoxide rings is 1. The fourth-order valence-corrected chi connectivity index (χ4v) is 3.67. The molecule has 1 saturated heterocycles. The Morgan fingerprint density at radius 2 is 1.67 bits per heavy atom. The van der Waals surface area contributed by atoms with E-state index in [-0.39, 0.29) is 12.2 Å². The van der Waals surface area contributed by atoms with E-state index in [0.717, 1.165) is 45.1 Å². The Labute approximate surface area is 124 Å². The lowest BCUT2D eigenvalue weighted by molar-refractivity contribution is 0.175. The van der Waals surface area contributed by atoms with E-state index in [1.807, 2.05) is 0 Å². The van der Waals surface area contributed by atoms with Gasteiger partial charge in [-0.05, 0) is 19.3 Å². The molecule has 21 heavy (non-hydrogen) atoms. The van der Waals surface area contributed by atoms with Crippen LogP contribution in [0, 0.1) is 0 Å². The maximum atomic E-state index is 11.1. The van der Waals surface area contributed by atoms with E-state index in [2.05, 4.69) is 15.8 Å². The predicted molar refractivity (Wildman–Crippen MR) is 75.6 cm³/mol. The number of rotatable bonds is 12. The summed E-state index contributed by atoms with van der Waals surface area (Å²) in [7, 11) is -9.69. The molecule has 8 nitrogen and oxygen atoms in total. The minimum Gasteiger partial charge on any atom is -0.370 e. The molecule has 1 aliphatic heterocycles. The van der Waals surface area contributed by atoms with E-state index < -0.39 is 15.6 Å². The van der Waals surface area contributed by atoms with Gasteiger partial charge in [-0.25, -0.2) is 9.13 Å². The van der Waals surface area contributed by atoms with Gasteiger partial charge in [-0.3, -0.25) is 4.52 Å². The molecule has 10 heteroatoms. The van der Waals surface area contributed by atoms with Crippen molar-refractivity contribution in [1.82, 2.24) is 0 Å². The van der Waals surface area contributed by atoms with Crippen molar-refractivity contribution in [2.45, 2.75) is 57.5 Å². The fourth-order valence-electron chi connectivity index (χ4n) is 2.04. The molecule has 1 rings (SSSR count). The van der Waals surface area contributed by atoms with Crippen LogP contribution in [0.4, 0.5) is 0 Å². The van der Waals surface area contributed by atoms with Crippen LogP contribution in [0.2, 0.25) is 0 Å². The molecule has 2 unspecified atom stereocenters. The van der Waals surface area contributed by atoms with Gasteiger partial charge in [0.05, 0.1) is 18.8 Å². The van der Waals surface area contributed by atoms with Gasteiger partial charge in [-0.1, -0.05) is 32.6 Å². The van der Waals surface area contributed by atoms with E-state index in [0.29, 0.717) is 6.42 Å². The van der Waals surface area contributed by atoms with E-state index in [4.69, 9.17) is 19.4 Å². The Morgan fingerprint density at radius 3 is 2.19 bits per heavy atom. The number of phosphoric acid groups is 2. The van der Waals surface area contributed by atoms with Crippen molar-refractivity contribution in [1.29, 1.82) is 0 Å². The van der Waals surface area contributed by atoms with Crippen LogP contribution in [0.25, 0.3) is 0 Å². The van der Waals surface area contributed by atoms with Gasteiger partial charge in [0.25, 0.3) is 0 Å². The summed E-state index contributed by atoms with van der Waals surface area (Å²) in [5.41, 5.74) is 0.131. The lowest BCUT2D eigenvalue weighted by atomic mass is 9.99. The molecule has 0 aromatic heterocycles. The van der Waals surface area contributed by atoms with Crippen LogP contribution in [0.3, 0.4) is 0 Å². The highest BCUT2D eigenvalue weighted by atomic mass is 31.3. The van der Waals surface area contributed by atoms with Crippen molar-refractivity contribution in [2.24, 2.45) is 0 Å². The molecule has 2 atom stereocenters. The molecule has 1 heterocycles. The Hall–Kier alpha value is 0.220. The Kier molecular flexibility index (Phi) is 7.50. The second-order valence-electron chi connectivity index (χ2n) is 5.22. The van der Waals surface area contributed by atoms with Gasteiger partial charge in [0.1, 0.15) is 0 Å². The number of unbranched alkanes of at least 4 members (excludes halogenated alkanes) is 4. The third-order valence-corrected chi connectivity index (χ3v) is 5.62. The van der Waals surface area contributed by atoms with E-state index in [1.165, 1.54) is 0 Å². The number of hydrogen-bond donors (Lipinski definition) is 3. The molecule has 0 aliphatic carbocycles. The molecular weight excluding hydrogens is 322 g/mol. The Bertz CT molecular complexity index is 403. The molecule has 0 aromatic rings. The molecule has 0 spiro atoms. The molecule has 0 radical (unpaired) electrons. The lowest BCUT2D eigenvalue weighted by Gasteiger charge is -2.12. The maximum absolute atomic E-state index is 11.1. The van der Waals surface area contributed by atoms with Gasteiger partial charge < -0.3 is 19.4 Å². The zero-order valence-electron chi connectivity index (χ0n) is 12.1. The summed E-state index contributed by atoms with van der Waals surface area (Å²) in [5.74, 6) is 0. The molecule has 3 N–H and O–H groups in total. The summed E-state index contributed by atoms with van der Waals surface area (Å²) in [6, 6.07) is 0. The Balaban J connectivity index is 1.97. The summed E-state index contributed by atoms with van der Waals surface area (Å²) in [4.78, 5) is 25.8. The molecule has 0 bridgehead atoms. The van der Waals surface area contributed by atoms with Gasteiger partial charge in [0.15, 0.2) is 0 Å². The minimum absolute atomic E-state index is 0.0736. The third-order valence-electron chi connectivity index (χ3n) is 3.44. The lowest BCUT2D eigenvalue weighted by Crippen LogP contribution is -2.08. The van der Waals surface area contributed by atoms with Gasteiger partial charge in [0, 0.05) is 0 Å². The zero-order chi connectivity index (χ0) is 16.0. The van der Waals surface area contributed by atoms with E-state index >= 15 is 0 Å². The highest BCUT2D eigenvalue weighted by molar-refractivity contribution is 7.60. The summed E-state index contributed by atoms with van der Waals surface area (Å²) in [6.45, 7) is 2.91. The number of hydrogen-bond acceptors (Lipinski definition) is 5. The first-order chi connectivity index (χ1) is 9.68. The first-order valence-electron chi connectivity index (χ1n) is 7.06. The van der Waals surface area contributed by atoms with Crippen molar-refractivity contribution < 1.29 is 37.4 Å². The van der Waals surface area contributed by atoms with Crippen molar-refractivity contribution in [3.63, 3.8) is 0 Å². The van der Waals surface area contributed by atoms with Gasteiger partial charge in [-0.2, -0.15) is 4.31 Å². The van der Waals surface area contributed by atoms with Gasteiger partial charge >= 0.3 is 15.6 Å². The largest absolute Gasteiger partial charge is 0.481 e. The van der Waals surface area contributed by atoms with Crippen molar-refractivity contribution in [3.8, 4) is 0 Å². The summed E-state index contributed by atoms with van der Waals surface area (Å²) in [5, 5.41) is 0. The van der Waals surface area contributed by atoms with Crippen LogP contribution >= 0.6 is 15.6 Å². The van der Waals surface area contributed by atoms with Gasteiger partial charge in [-0.15, -0.1) is 0 Å². The SMILES string of the molecule is CCC1(CCCCCCCOP(=O)(O)OP(=O)(O)O)CO1. The van der Waals surface area contributed by atoms with E-state index in [1.54, 1.807) is 0 Å². The highest BCUT2D eigenvalue weighted by Gasteiger charge is 2.41. The molecule has 126 valence electrons. The summed E-state index contributed by atoms with van der Waals surface area (Å²) < 4.78 is 35.1. The second kappa shape index (κ2) is 8.18. The topological polar surface area (TPSA) is 126 Å². The van der Waals surface area contributed by atoms with Crippen LogP contribution in [0.5, 0.6) is 0 Å². The normalized spacial score (nSPS) is 24.8. The first kappa shape index (κ1) is 19.3. The predicted octanol–water partition coefficient (Wildman–Crippen LogP) is 2.73. The van der Waals surface area contributed by atoms with Gasteiger partial charge in [0.2, 0.25) is 0 Å². The quantitative estimate of drug-likeness (QED) is 0.280. The van der Waals surface area contributed by atoms with Crippen LogP contribution in [0.1, 0.15) is 51.9 Å². The highest BCUT2D eigenvalue weighted by Crippen LogP contribution is 2.57. The third kappa shape index (κ3) is 9.06. The van der Waals surface area contributed by atoms with Crippen molar-refractivity contribution in [3.05, 3.63) is 0 Å². The molecule has 1 aliphatic rings. The monoisotopic (exact) mass is 346 g/mol. The van der Waals surface area contributed by atoms with Crippen LogP contribution in [0.15, 0.2) is 0 Å². The van der Waals surface area contributed by atoms with Crippen LogP contribution in [-0.4, -0.2) is 33.5 Å². The van der Waals surface area contributed by atoms with Crippen molar-refractivity contribution >= 4 is 15.6 Å². The van der Waals surface area contributed by atoms with Crippen LogP contribution in [-0.2, 0) is 22.7 Å². The molecular formula is C11H24O8P2. The van der Waals surface area contributed by atoms with E-state index in [9.17, 15) is 9.13 Å². The molecule has 0 saturated carbocycles. The number of ether oxygens (including phenoxy) is 1. The fraction of sp³-hybridized carbons (Fsp3) is 1.00. The average Bonchev–Trinajstić information content (AvgIpc) is 3.10. The van der Waals surface area contributed by atoms with Crippen LogP contribution < -0.4 is 0 Å². The zero-order valence-corrected chi connectivity index (χ0v) is 13.9. The average molecular weight is 346 g/mol. The molecule has 0 aromatic carbocycles. The smallest absolute Gasteiger partial charge is 0.370 e. The number of phosphoric ester groups is 1.